The van der Waals surface area contributed by atoms with Crippen molar-refractivity contribution in [2.24, 2.45) is 0 Å². The largest absolute Gasteiger partial charge is 0.429 e. The molecule has 0 aromatic heterocycles. The van der Waals surface area contributed by atoms with Crippen molar-refractivity contribution in [3.63, 3.8) is 0 Å². The first-order valence-electron chi connectivity index (χ1n) is 11.0. The molecule has 0 unspecified atom stereocenters. The molecule has 0 saturated carbocycles. The summed E-state index contributed by atoms with van der Waals surface area (Å²) in [5, 5.41) is 0. The minimum atomic E-state index is -3.67. The summed E-state index contributed by atoms with van der Waals surface area (Å²) in [7, 11) is 0. The van der Waals surface area contributed by atoms with E-state index in [1.165, 1.54) is 49.4 Å². The number of alkyl halides is 2. The van der Waals surface area contributed by atoms with Gasteiger partial charge in [0.25, 0.3) is 0 Å². The van der Waals surface area contributed by atoms with E-state index in [2.05, 4.69) is 0 Å². The van der Waals surface area contributed by atoms with Crippen LogP contribution < -0.4 is 4.74 Å². The lowest BCUT2D eigenvalue weighted by molar-refractivity contribution is -0.185. The van der Waals surface area contributed by atoms with Crippen LogP contribution in [0.4, 0.5) is 17.6 Å². The van der Waals surface area contributed by atoms with Gasteiger partial charge in [0, 0.05) is 11.6 Å². The molecule has 5 heteroatoms. The Bertz CT molecular complexity index is 1250. The Kier molecular flexibility index (Phi) is 7.77. The summed E-state index contributed by atoms with van der Waals surface area (Å²) in [6, 6.07) is 21.3. The van der Waals surface area contributed by atoms with E-state index in [9.17, 15) is 17.6 Å². The Morgan fingerprint density at radius 2 is 1.21 bits per heavy atom. The van der Waals surface area contributed by atoms with E-state index in [1.54, 1.807) is 12.1 Å². The van der Waals surface area contributed by atoms with Gasteiger partial charge in [-0.15, -0.1) is 0 Å². The molecule has 176 valence electrons. The normalized spacial score (nSPS) is 10.9. The minimum absolute atomic E-state index is 0.278. The van der Waals surface area contributed by atoms with Crippen LogP contribution in [0.3, 0.4) is 0 Å². The number of hydrogen-bond acceptors (Lipinski definition) is 1. The van der Waals surface area contributed by atoms with E-state index in [1.807, 2.05) is 45.0 Å². The topological polar surface area (TPSA) is 9.23 Å². The van der Waals surface area contributed by atoms with Crippen LogP contribution in [0.5, 0.6) is 5.75 Å². The predicted molar refractivity (Wildman–Crippen MR) is 129 cm³/mol. The number of ether oxygens (including phenoxy) is 1. The second-order valence-electron chi connectivity index (χ2n) is 7.67. The summed E-state index contributed by atoms with van der Waals surface area (Å²) in [5.74, 6) is -1.35. The van der Waals surface area contributed by atoms with E-state index >= 15 is 0 Å². The van der Waals surface area contributed by atoms with Crippen LogP contribution in [0.25, 0.3) is 22.3 Å². The van der Waals surface area contributed by atoms with Gasteiger partial charge in [-0.1, -0.05) is 74.0 Å². The van der Waals surface area contributed by atoms with Gasteiger partial charge in [-0.05, 0) is 60.4 Å². The Morgan fingerprint density at radius 1 is 0.618 bits per heavy atom. The maximum absolute atomic E-state index is 14.8. The molecule has 0 atom stereocenters. The molecule has 0 aliphatic rings. The first-order chi connectivity index (χ1) is 16.2. The summed E-state index contributed by atoms with van der Waals surface area (Å²) in [6.45, 7) is 7.51. The fraction of sp³-hybridized carbons (Fsp3) is 0.172. The van der Waals surface area contributed by atoms with Crippen molar-refractivity contribution in [3.8, 4) is 28.0 Å². The molecule has 0 radical (unpaired) electrons. The summed E-state index contributed by atoms with van der Waals surface area (Å²) < 4.78 is 62.2. The predicted octanol–water partition coefficient (Wildman–Crippen LogP) is 9.07. The lowest BCUT2D eigenvalue weighted by Gasteiger charge is -2.19. The summed E-state index contributed by atoms with van der Waals surface area (Å²) in [5.41, 5.74) is 3.41. The molecular weight excluding hydrogens is 440 g/mol. The van der Waals surface area contributed by atoms with E-state index in [0.717, 1.165) is 22.8 Å². The van der Waals surface area contributed by atoms with Crippen molar-refractivity contribution >= 4 is 0 Å². The van der Waals surface area contributed by atoms with Crippen molar-refractivity contribution < 1.29 is 22.3 Å². The van der Waals surface area contributed by atoms with Crippen LogP contribution in [-0.4, -0.2) is 0 Å². The van der Waals surface area contributed by atoms with Crippen molar-refractivity contribution in [2.75, 3.05) is 0 Å². The fourth-order valence-corrected chi connectivity index (χ4v) is 3.36. The molecule has 0 spiro atoms. The summed E-state index contributed by atoms with van der Waals surface area (Å²) in [4.78, 5) is 0. The Hall–Kier alpha value is -3.60. The van der Waals surface area contributed by atoms with Gasteiger partial charge in [-0.3, -0.25) is 0 Å². The molecule has 4 aromatic carbocycles. The highest BCUT2D eigenvalue weighted by Gasteiger charge is 2.34. The third-order valence-electron chi connectivity index (χ3n) is 5.28. The number of aryl methyl sites for hydroxylation is 2. The molecule has 0 amide bonds. The molecule has 0 aliphatic carbocycles. The Balaban J connectivity index is 0.00000158. The fourth-order valence-electron chi connectivity index (χ4n) is 3.36. The summed E-state index contributed by atoms with van der Waals surface area (Å²) >= 11 is 0. The molecule has 34 heavy (non-hydrogen) atoms. The maximum Gasteiger partial charge on any atom is 0.426 e. The smallest absolute Gasteiger partial charge is 0.426 e. The average Bonchev–Trinajstić information content (AvgIpc) is 2.83. The number of halogens is 4. The third-order valence-corrected chi connectivity index (χ3v) is 5.28. The third kappa shape index (κ3) is 5.66. The molecule has 0 heterocycles. The molecule has 0 aliphatic heterocycles. The van der Waals surface area contributed by atoms with Crippen molar-refractivity contribution in [1.82, 2.24) is 0 Å². The lowest BCUT2D eigenvalue weighted by atomic mass is 9.98. The van der Waals surface area contributed by atoms with Crippen molar-refractivity contribution in [3.05, 3.63) is 113 Å². The standard InChI is InChI=1S/C27H20F4O.C2H6/c1-17-3-6-19(7-4-17)21-10-14-24(26(29)15-21)20-8-11-22(12-9-20)27(30,31)32-23-13-5-18(2)25(28)16-23;1-2/h3-16H,1-2H3;1-2H3. The van der Waals surface area contributed by atoms with Gasteiger partial charge in [0.05, 0.1) is 5.56 Å². The molecule has 4 aromatic rings. The highest BCUT2D eigenvalue weighted by atomic mass is 19.3. The van der Waals surface area contributed by atoms with Crippen LogP contribution in [0, 0.1) is 25.5 Å². The second-order valence-corrected chi connectivity index (χ2v) is 7.67. The van der Waals surface area contributed by atoms with Gasteiger partial charge in [0.1, 0.15) is 17.4 Å². The van der Waals surface area contributed by atoms with E-state index in [4.69, 9.17) is 4.74 Å². The van der Waals surface area contributed by atoms with Crippen molar-refractivity contribution in [2.45, 2.75) is 33.8 Å². The zero-order chi connectivity index (χ0) is 24.9. The van der Waals surface area contributed by atoms with Crippen LogP contribution >= 0.6 is 0 Å². The van der Waals surface area contributed by atoms with Gasteiger partial charge in [-0.2, -0.15) is 8.78 Å². The van der Waals surface area contributed by atoms with E-state index < -0.39 is 23.3 Å². The first kappa shape index (κ1) is 25.0. The van der Waals surface area contributed by atoms with Gasteiger partial charge >= 0.3 is 6.11 Å². The van der Waals surface area contributed by atoms with E-state index in [-0.39, 0.29) is 5.75 Å². The SMILES string of the molecule is CC.Cc1ccc(-c2ccc(-c3ccc(C(F)(F)Oc4ccc(C)c(F)c4)cc3)c(F)c2)cc1. The van der Waals surface area contributed by atoms with Gasteiger partial charge in [0.15, 0.2) is 0 Å². The molecule has 0 bridgehead atoms. The molecular formula is C29H26F4O. The lowest BCUT2D eigenvalue weighted by Crippen LogP contribution is -2.21. The number of rotatable bonds is 5. The van der Waals surface area contributed by atoms with Crippen LogP contribution in [0.15, 0.2) is 84.9 Å². The van der Waals surface area contributed by atoms with E-state index in [0.29, 0.717) is 16.7 Å². The Morgan fingerprint density at radius 3 is 1.79 bits per heavy atom. The summed E-state index contributed by atoms with van der Waals surface area (Å²) in [6.07, 6.45) is -3.67. The highest BCUT2D eigenvalue weighted by molar-refractivity contribution is 5.71. The van der Waals surface area contributed by atoms with Crippen LogP contribution in [-0.2, 0) is 6.11 Å². The first-order valence-corrected chi connectivity index (χ1v) is 11.0. The molecule has 0 fully saturated rings. The second kappa shape index (κ2) is 10.6. The molecule has 0 N–H and O–H groups in total. The Labute approximate surface area is 197 Å². The van der Waals surface area contributed by atoms with Gasteiger partial charge in [-0.25, -0.2) is 8.78 Å². The quantitative estimate of drug-likeness (QED) is 0.267. The van der Waals surface area contributed by atoms with Gasteiger partial charge < -0.3 is 4.74 Å². The van der Waals surface area contributed by atoms with Gasteiger partial charge in [0.2, 0.25) is 0 Å². The zero-order valence-corrected chi connectivity index (χ0v) is 19.5. The zero-order valence-electron chi connectivity index (χ0n) is 19.5. The van der Waals surface area contributed by atoms with Crippen molar-refractivity contribution in [1.29, 1.82) is 0 Å². The molecule has 4 rings (SSSR count). The number of hydrogen-bond donors (Lipinski definition) is 0. The highest BCUT2D eigenvalue weighted by Crippen LogP contribution is 2.34. The minimum Gasteiger partial charge on any atom is -0.429 e. The van der Waals surface area contributed by atoms with Crippen LogP contribution in [0.1, 0.15) is 30.5 Å². The maximum atomic E-state index is 14.8. The molecule has 1 nitrogen and oxygen atoms in total. The van der Waals surface area contributed by atoms with Crippen LogP contribution in [0.2, 0.25) is 0 Å². The average molecular weight is 467 g/mol. The monoisotopic (exact) mass is 466 g/mol. The number of benzene rings is 4. The molecule has 0 saturated heterocycles.